The van der Waals surface area contributed by atoms with E-state index < -0.39 is 34.3 Å². The van der Waals surface area contributed by atoms with Crippen LogP contribution in [0.3, 0.4) is 0 Å². The van der Waals surface area contributed by atoms with Crippen molar-refractivity contribution in [2.24, 2.45) is 0 Å². The van der Waals surface area contributed by atoms with Crippen LogP contribution in [-0.2, 0) is 19.6 Å². The fourth-order valence-corrected chi connectivity index (χ4v) is 5.21. The van der Waals surface area contributed by atoms with Crippen LogP contribution in [0.4, 0.5) is 15.8 Å². The van der Waals surface area contributed by atoms with Crippen molar-refractivity contribution in [1.82, 2.24) is 4.31 Å². The van der Waals surface area contributed by atoms with Gasteiger partial charge in [0.2, 0.25) is 10.0 Å². The van der Waals surface area contributed by atoms with Gasteiger partial charge in [0, 0.05) is 31.9 Å². The summed E-state index contributed by atoms with van der Waals surface area (Å²) in [7, 11) is -3.78. The molecule has 1 fully saturated rings. The first kappa shape index (κ1) is 24.7. The molecule has 2 aromatic carbocycles. The standard InChI is InChI=1S/C23H28FN3O5S/c1-3-27(4-2)33(30,31)19-11-12-21(26-13-5-6-14-26)20(15-19)23(29)32-16-22(28)25-18-9-7-17(24)8-10-18/h7-12,15H,3-6,13-14,16H2,1-2H3,(H,25,28). The highest BCUT2D eigenvalue weighted by molar-refractivity contribution is 7.89. The van der Waals surface area contributed by atoms with Gasteiger partial charge < -0.3 is 15.0 Å². The number of carbonyl (C=O) groups is 2. The summed E-state index contributed by atoms with van der Waals surface area (Å²) in [4.78, 5) is 27.1. The summed E-state index contributed by atoms with van der Waals surface area (Å²) >= 11 is 0. The first-order valence-corrected chi connectivity index (χ1v) is 12.3. The highest BCUT2D eigenvalue weighted by Crippen LogP contribution is 2.29. The van der Waals surface area contributed by atoms with E-state index in [2.05, 4.69) is 5.32 Å². The van der Waals surface area contributed by atoms with E-state index in [1.54, 1.807) is 19.9 Å². The van der Waals surface area contributed by atoms with Crippen molar-refractivity contribution in [3.05, 3.63) is 53.8 Å². The summed E-state index contributed by atoms with van der Waals surface area (Å²) in [6.45, 7) is 5.01. The van der Waals surface area contributed by atoms with Gasteiger partial charge in [0.25, 0.3) is 5.91 Å². The first-order chi connectivity index (χ1) is 15.8. The van der Waals surface area contributed by atoms with Crippen molar-refractivity contribution in [2.45, 2.75) is 31.6 Å². The topological polar surface area (TPSA) is 96.0 Å². The number of nitrogens with zero attached hydrogens (tertiary/aromatic N) is 2. The van der Waals surface area contributed by atoms with Crippen LogP contribution in [0.2, 0.25) is 0 Å². The van der Waals surface area contributed by atoms with Gasteiger partial charge in [0.15, 0.2) is 6.61 Å². The van der Waals surface area contributed by atoms with Gasteiger partial charge in [-0.05, 0) is 55.3 Å². The van der Waals surface area contributed by atoms with E-state index in [0.717, 1.165) is 25.9 Å². The Morgan fingerprint density at radius 2 is 1.70 bits per heavy atom. The van der Waals surface area contributed by atoms with Crippen LogP contribution in [0.5, 0.6) is 0 Å². The highest BCUT2D eigenvalue weighted by Gasteiger charge is 2.27. The van der Waals surface area contributed by atoms with Gasteiger partial charge in [0.1, 0.15) is 5.82 Å². The molecule has 0 atom stereocenters. The van der Waals surface area contributed by atoms with Crippen LogP contribution in [0.25, 0.3) is 0 Å². The number of amides is 1. The third kappa shape index (κ3) is 5.88. The van der Waals surface area contributed by atoms with Gasteiger partial charge >= 0.3 is 5.97 Å². The minimum absolute atomic E-state index is 0.00291. The number of rotatable bonds is 9. The molecule has 2 aromatic rings. The lowest BCUT2D eigenvalue weighted by Crippen LogP contribution is -2.31. The first-order valence-electron chi connectivity index (χ1n) is 10.9. The summed E-state index contributed by atoms with van der Waals surface area (Å²) in [5.74, 6) is -1.82. The molecule has 0 unspecified atom stereocenters. The molecule has 0 aromatic heterocycles. The predicted molar refractivity (Wildman–Crippen MR) is 123 cm³/mol. The van der Waals surface area contributed by atoms with E-state index in [0.29, 0.717) is 24.5 Å². The van der Waals surface area contributed by atoms with Crippen molar-refractivity contribution >= 4 is 33.3 Å². The number of hydrogen-bond donors (Lipinski definition) is 1. The van der Waals surface area contributed by atoms with Gasteiger partial charge in [-0.3, -0.25) is 4.79 Å². The molecule has 1 saturated heterocycles. The molecule has 3 rings (SSSR count). The lowest BCUT2D eigenvalue weighted by Gasteiger charge is -2.23. The second-order valence-electron chi connectivity index (χ2n) is 7.59. The van der Waals surface area contributed by atoms with E-state index in [-0.39, 0.29) is 10.5 Å². The molecular weight excluding hydrogens is 449 g/mol. The van der Waals surface area contributed by atoms with Gasteiger partial charge in [0.05, 0.1) is 16.1 Å². The Labute approximate surface area is 193 Å². The number of ether oxygens (including phenoxy) is 1. The van der Waals surface area contributed by atoms with Gasteiger partial charge in [-0.15, -0.1) is 0 Å². The maximum absolute atomic E-state index is 13.0. The summed E-state index contributed by atoms with van der Waals surface area (Å²) in [6.07, 6.45) is 1.93. The molecule has 1 amide bonds. The predicted octanol–water partition coefficient (Wildman–Crippen LogP) is 3.25. The number of hydrogen-bond acceptors (Lipinski definition) is 6. The van der Waals surface area contributed by atoms with Crippen molar-refractivity contribution in [1.29, 1.82) is 0 Å². The van der Waals surface area contributed by atoms with Crippen molar-refractivity contribution in [2.75, 3.05) is 43.0 Å². The molecule has 0 radical (unpaired) electrons. The molecule has 1 aliphatic heterocycles. The van der Waals surface area contributed by atoms with Crippen LogP contribution in [-0.4, -0.2) is 57.4 Å². The third-order valence-corrected chi connectivity index (χ3v) is 7.49. The minimum Gasteiger partial charge on any atom is -0.452 e. The van der Waals surface area contributed by atoms with Crippen LogP contribution in [0.1, 0.15) is 37.0 Å². The molecule has 1 aliphatic rings. The van der Waals surface area contributed by atoms with Crippen LogP contribution in [0.15, 0.2) is 47.4 Å². The molecule has 0 bridgehead atoms. The lowest BCUT2D eigenvalue weighted by molar-refractivity contribution is -0.119. The van der Waals surface area contributed by atoms with Crippen LogP contribution >= 0.6 is 0 Å². The molecule has 8 nitrogen and oxygen atoms in total. The maximum Gasteiger partial charge on any atom is 0.340 e. The van der Waals surface area contributed by atoms with Crippen LogP contribution in [0, 0.1) is 5.82 Å². The van der Waals surface area contributed by atoms with Crippen molar-refractivity contribution in [3.63, 3.8) is 0 Å². The Kier molecular flexibility index (Phi) is 8.04. The normalized spacial score (nSPS) is 13.9. The molecule has 1 heterocycles. The molecule has 0 aliphatic carbocycles. The average molecular weight is 478 g/mol. The summed E-state index contributed by atoms with van der Waals surface area (Å²) < 4.78 is 45.5. The fraction of sp³-hybridized carbons (Fsp3) is 0.391. The Hall–Kier alpha value is -2.98. The number of esters is 1. The van der Waals surface area contributed by atoms with Crippen molar-refractivity contribution < 1.29 is 27.1 Å². The molecule has 0 saturated carbocycles. The monoisotopic (exact) mass is 477 g/mol. The Balaban J connectivity index is 1.81. The van der Waals surface area contributed by atoms with Gasteiger partial charge in [-0.1, -0.05) is 13.8 Å². The quantitative estimate of drug-likeness (QED) is 0.557. The number of sulfonamides is 1. The molecule has 10 heteroatoms. The smallest absolute Gasteiger partial charge is 0.340 e. The second kappa shape index (κ2) is 10.8. The Morgan fingerprint density at radius 1 is 1.06 bits per heavy atom. The zero-order valence-corrected chi connectivity index (χ0v) is 19.5. The Bertz CT molecular complexity index is 1100. The van der Waals surface area contributed by atoms with E-state index in [1.807, 2.05) is 4.90 Å². The lowest BCUT2D eigenvalue weighted by atomic mass is 10.1. The Morgan fingerprint density at radius 3 is 2.30 bits per heavy atom. The average Bonchev–Trinajstić information content (AvgIpc) is 3.34. The number of carbonyl (C=O) groups excluding carboxylic acids is 2. The highest BCUT2D eigenvalue weighted by atomic mass is 32.2. The largest absolute Gasteiger partial charge is 0.452 e. The molecular formula is C23H28FN3O5S. The maximum atomic E-state index is 13.0. The number of anilines is 2. The van der Waals surface area contributed by atoms with Crippen LogP contribution < -0.4 is 10.2 Å². The van der Waals surface area contributed by atoms with Crippen molar-refractivity contribution in [3.8, 4) is 0 Å². The van der Waals surface area contributed by atoms with E-state index in [9.17, 15) is 22.4 Å². The number of nitrogens with one attached hydrogen (secondary N) is 1. The summed E-state index contributed by atoms with van der Waals surface area (Å²) in [5, 5.41) is 2.52. The molecule has 0 spiro atoms. The SMILES string of the molecule is CCN(CC)S(=O)(=O)c1ccc(N2CCCC2)c(C(=O)OCC(=O)Nc2ccc(F)cc2)c1. The molecule has 178 valence electrons. The minimum atomic E-state index is -3.78. The number of halogens is 1. The zero-order valence-electron chi connectivity index (χ0n) is 18.7. The fourth-order valence-electron chi connectivity index (χ4n) is 3.72. The summed E-state index contributed by atoms with van der Waals surface area (Å²) in [6, 6.07) is 9.62. The summed E-state index contributed by atoms with van der Waals surface area (Å²) in [5.41, 5.74) is 1.04. The number of benzene rings is 2. The van der Waals surface area contributed by atoms with E-state index >= 15 is 0 Å². The van der Waals surface area contributed by atoms with E-state index in [4.69, 9.17) is 4.74 Å². The molecule has 33 heavy (non-hydrogen) atoms. The second-order valence-corrected chi connectivity index (χ2v) is 9.53. The zero-order chi connectivity index (χ0) is 24.0. The van der Waals surface area contributed by atoms with E-state index in [1.165, 1.54) is 40.7 Å². The van der Waals surface area contributed by atoms with Gasteiger partial charge in [-0.2, -0.15) is 4.31 Å². The third-order valence-electron chi connectivity index (χ3n) is 5.44. The van der Waals surface area contributed by atoms with Gasteiger partial charge in [-0.25, -0.2) is 17.6 Å². The molecule has 1 N–H and O–H groups in total.